The molecule has 1 atom stereocenters. The summed E-state index contributed by atoms with van der Waals surface area (Å²) in [5, 5.41) is 4.23. The molecule has 0 fully saturated rings. The van der Waals surface area contributed by atoms with Crippen LogP contribution in [0.2, 0.25) is 5.02 Å². The molecule has 3 nitrogen and oxygen atoms in total. The standard InChI is InChI=1S/C16H26ClNO2/c1-3-20-11-4-5-15(13-18-10-12-19-2)14-6-8-16(17)9-7-14/h6-9,15,18H,3-5,10-13H2,1-2H3. The van der Waals surface area contributed by atoms with Gasteiger partial charge in [-0.25, -0.2) is 0 Å². The van der Waals surface area contributed by atoms with Crippen LogP contribution in [0.25, 0.3) is 0 Å². The lowest BCUT2D eigenvalue weighted by Crippen LogP contribution is -2.25. The van der Waals surface area contributed by atoms with Gasteiger partial charge in [0, 0.05) is 38.4 Å². The smallest absolute Gasteiger partial charge is 0.0587 e. The molecule has 1 aromatic rings. The van der Waals surface area contributed by atoms with Crippen molar-refractivity contribution in [3.63, 3.8) is 0 Å². The summed E-state index contributed by atoms with van der Waals surface area (Å²) >= 11 is 5.96. The van der Waals surface area contributed by atoms with E-state index in [9.17, 15) is 0 Å². The molecule has 0 amide bonds. The van der Waals surface area contributed by atoms with E-state index in [1.165, 1.54) is 5.56 Å². The minimum absolute atomic E-state index is 0.490. The molecule has 0 spiro atoms. The van der Waals surface area contributed by atoms with Gasteiger partial charge in [-0.3, -0.25) is 0 Å². The van der Waals surface area contributed by atoms with E-state index in [1.54, 1.807) is 7.11 Å². The summed E-state index contributed by atoms with van der Waals surface area (Å²) in [5.41, 5.74) is 1.33. The molecule has 1 rings (SSSR count). The van der Waals surface area contributed by atoms with E-state index in [4.69, 9.17) is 21.1 Å². The van der Waals surface area contributed by atoms with Gasteiger partial charge in [-0.05, 0) is 43.4 Å². The van der Waals surface area contributed by atoms with Crippen molar-refractivity contribution in [1.29, 1.82) is 0 Å². The molecule has 1 N–H and O–H groups in total. The monoisotopic (exact) mass is 299 g/mol. The molecule has 0 radical (unpaired) electrons. The number of nitrogens with one attached hydrogen (secondary N) is 1. The molecule has 0 aliphatic rings. The van der Waals surface area contributed by atoms with Crippen molar-refractivity contribution in [2.75, 3.05) is 40.0 Å². The number of rotatable bonds is 11. The second-order valence-corrected chi connectivity index (χ2v) is 5.22. The molecule has 4 heteroatoms. The molecule has 0 heterocycles. The predicted octanol–water partition coefficient (Wildman–Crippen LogP) is 3.48. The molecule has 0 aliphatic carbocycles. The first-order valence-corrected chi connectivity index (χ1v) is 7.68. The lowest BCUT2D eigenvalue weighted by atomic mass is 9.94. The number of benzene rings is 1. The van der Waals surface area contributed by atoms with Gasteiger partial charge >= 0.3 is 0 Å². The first-order valence-electron chi connectivity index (χ1n) is 7.30. The van der Waals surface area contributed by atoms with Gasteiger partial charge in [-0.1, -0.05) is 23.7 Å². The third-order valence-corrected chi connectivity index (χ3v) is 3.51. The lowest BCUT2D eigenvalue weighted by molar-refractivity contribution is 0.141. The van der Waals surface area contributed by atoms with E-state index >= 15 is 0 Å². The Hall–Kier alpha value is -0.610. The lowest BCUT2D eigenvalue weighted by Gasteiger charge is -2.18. The van der Waals surface area contributed by atoms with Crippen LogP contribution in [0.15, 0.2) is 24.3 Å². The zero-order valence-corrected chi connectivity index (χ0v) is 13.3. The minimum Gasteiger partial charge on any atom is -0.383 e. The molecule has 20 heavy (non-hydrogen) atoms. The van der Waals surface area contributed by atoms with Crippen LogP contribution < -0.4 is 5.32 Å². The van der Waals surface area contributed by atoms with E-state index in [1.807, 2.05) is 19.1 Å². The van der Waals surface area contributed by atoms with Crippen LogP contribution in [0.4, 0.5) is 0 Å². The van der Waals surface area contributed by atoms with Crippen LogP contribution in [-0.2, 0) is 9.47 Å². The zero-order valence-electron chi connectivity index (χ0n) is 12.5. The Balaban J connectivity index is 2.47. The number of halogens is 1. The van der Waals surface area contributed by atoms with Gasteiger partial charge in [0.2, 0.25) is 0 Å². The van der Waals surface area contributed by atoms with Crippen LogP contribution >= 0.6 is 11.6 Å². The Morgan fingerprint density at radius 3 is 2.60 bits per heavy atom. The SMILES string of the molecule is CCOCCCC(CNCCOC)c1ccc(Cl)cc1. The first kappa shape index (κ1) is 17.4. The van der Waals surface area contributed by atoms with Crippen LogP contribution in [0.1, 0.15) is 31.2 Å². The topological polar surface area (TPSA) is 30.5 Å². The molecular formula is C16H26ClNO2. The Morgan fingerprint density at radius 2 is 1.95 bits per heavy atom. The zero-order chi connectivity index (χ0) is 14.6. The number of methoxy groups -OCH3 is 1. The number of ether oxygens (including phenoxy) is 2. The van der Waals surface area contributed by atoms with Crippen molar-refractivity contribution < 1.29 is 9.47 Å². The van der Waals surface area contributed by atoms with E-state index in [-0.39, 0.29) is 0 Å². The Kier molecular flexibility index (Phi) is 9.67. The van der Waals surface area contributed by atoms with Crippen molar-refractivity contribution in [1.82, 2.24) is 5.32 Å². The van der Waals surface area contributed by atoms with Crippen molar-refractivity contribution in [3.8, 4) is 0 Å². The Bertz CT molecular complexity index is 331. The van der Waals surface area contributed by atoms with Crippen LogP contribution in [0, 0.1) is 0 Å². The maximum absolute atomic E-state index is 5.96. The van der Waals surface area contributed by atoms with Crippen molar-refractivity contribution >= 4 is 11.6 Å². The fourth-order valence-corrected chi connectivity index (χ4v) is 2.27. The number of hydrogen-bond donors (Lipinski definition) is 1. The summed E-state index contributed by atoms with van der Waals surface area (Å²) in [6.45, 7) is 6.23. The highest BCUT2D eigenvalue weighted by molar-refractivity contribution is 6.30. The molecular weight excluding hydrogens is 274 g/mol. The van der Waals surface area contributed by atoms with Gasteiger partial charge in [0.1, 0.15) is 0 Å². The van der Waals surface area contributed by atoms with E-state index in [2.05, 4.69) is 17.4 Å². The van der Waals surface area contributed by atoms with Crippen molar-refractivity contribution in [3.05, 3.63) is 34.9 Å². The molecule has 0 aromatic heterocycles. The first-order chi connectivity index (χ1) is 9.77. The van der Waals surface area contributed by atoms with Gasteiger partial charge in [0.25, 0.3) is 0 Å². The highest BCUT2D eigenvalue weighted by Gasteiger charge is 2.11. The molecule has 114 valence electrons. The summed E-state index contributed by atoms with van der Waals surface area (Å²) in [6, 6.07) is 8.15. The normalized spacial score (nSPS) is 12.6. The maximum atomic E-state index is 5.96. The quantitative estimate of drug-likeness (QED) is 0.635. The third kappa shape index (κ3) is 7.25. The summed E-state index contributed by atoms with van der Waals surface area (Å²) in [6.07, 6.45) is 2.19. The third-order valence-electron chi connectivity index (χ3n) is 3.26. The summed E-state index contributed by atoms with van der Waals surface area (Å²) in [5.74, 6) is 0.490. The number of hydrogen-bond acceptors (Lipinski definition) is 3. The van der Waals surface area contributed by atoms with Gasteiger partial charge in [-0.2, -0.15) is 0 Å². The second kappa shape index (κ2) is 11.1. The average Bonchev–Trinajstić information content (AvgIpc) is 2.47. The van der Waals surface area contributed by atoms with Gasteiger partial charge in [0.05, 0.1) is 6.61 Å². The Morgan fingerprint density at radius 1 is 1.20 bits per heavy atom. The highest BCUT2D eigenvalue weighted by atomic mass is 35.5. The molecule has 0 aliphatic heterocycles. The Labute approximate surface area is 127 Å². The maximum Gasteiger partial charge on any atom is 0.0587 e. The van der Waals surface area contributed by atoms with E-state index < -0.39 is 0 Å². The van der Waals surface area contributed by atoms with Crippen molar-refractivity contribution in [2.45, 2.75) is 25.7 Å². The van der Waals surface area contributed by atoms with Crippen LogP contribution in [-0.4, -0.2) is 40.0 Å². The molecule has 1 unspecified atom stereocenters. The van der Waals surface area contributed by atoms with Crippen LogP contribution in [0.5, 0.6) is 0 Å². The molecule has 0 saturated carbocycles. The van der Waals surface area contributed by atoms with Gasteiger partial charge in [0.15, 0.2) is 0 Å². The summed E-state index contributed by atoms with van der Waals surface area (Å²) < 4.78 is 10.5. The average molecular weight is 300 g/mol. The van der Waals surface area contributed by atoms with Gasteiger partial charge < -0.3 is 14.8 Å². The predicted molar refractivity (Wildman–Crippen MR) is 84.7 cm³/mol. The molecule has 0 saturated heterocycles. The highest BCUT2D eigenvalue weighted by Crippen LogP contribution is 2.22. The summed E-state index contributed by atoms with van der Waals surface area (Å²) in [7, 11) is 1.72. The van der Waals surface area contributed by atoms with E-state index in [0.29, 0.717) is 5.92 Å². The second-order valence-electron chi connectivity index (χ2n) is 4.78. The molecule has 0 bridgehead atoms. The fourth-order valence-electron chi connectivity index (χ4n) is 2.15. The summed E-state index contributed by atoms with van der Waals surface area (Å²) in [4.78, 5) is 0. The van der Waals surface area contributed by atoms with Crippen molar-refractivity contribution in [2.24, 2.45) is 0 Å². The minimum atomic E-state index is 0.490. The van der Waals surface area contributed by atoms with Crippen LogP contribution in [0.3, 0.4) is 0 Å². The fraction of sp³-hybridized carbons (Fsp3) is 0.625. The van der Waals surface area contributed by atoms with E-state index in [0.717, 1.165) is 50.8 Å². The van der Waals surface area contributed by atoms with Gasteiger partial charge in [-0.15, -0.1) is 0 Å². The molecule has 1 aromatic carbocycles. The largest absolute Gasteiger partial charge is 0.383 e.